The maximum absolute atomic E-state index is 11.6. The molecule has 1 aromatic rings. The maximum Gasteiger partial charge on any atom is 0.332 e. The third-order valence-electron chi connectivity index (χ3n) is 2.89. The first-order valence-corrected chi connectivity index (χ1v) is 6.42. The predicted molar refractivity (Wildman–Crippen MR) is 68.4 cm³/mol. The Hall–Kier alpha value is -2.04. The monoisotopic (exact) mass is 263 g/mol. The molecule has 2 rings (SSSR count). The number of benzene rings is 1. The van der Waals surface area contributed by atoms with Gasteiger partial charge in [0, 0.05) is 0 Å². The summed E-state index contributed by atoms with van der Waals surface area (Å²) in [4.78, 5) is 27.5. The zero-order valence-electron chi connectivity index (χ0n) is 10.9. The van der Waals surface area contributed by atoms with E-state index in [1.165, 1.54) is 0 Å². The fraction of sp³-hybridized carbons (Fsp3) is 0.429. The van der Waals surface area contributed by atoms with Gasteiger partial charge in [-0.3, -0.25) is 4.79 Å². The number of carbonyl (C=O) groups excluding carboxylic acids is 2. The summed E-state index contributed by atoms with van der Waals surface area (Å²) in [5.74, 6) is 0.264. The van der Waals surface area contributed by atoms with Crippen LogP contribution in [0, 0.1) is 0 Å². The Morgan fingerprint density at radius 2 is 2.16 bits per heavy atom. The summed E-state index contributed by atoms with van der Waals surface area (Å²) in [6.45, 7) is 3.00. The molecule has 0 aromatic heterocycles. The molecule has 1 aliphatic rings. The highest BCUT2D eigenvalue weighted by molar-refractivity contribution is 5.82. The van der Waals surface area contributed by atoms with Crippen molar-refractivity contribution in [2.24, 2.45) is 0 Å². The number of β-lactam (4-membered cyclic amide) rings is 1. The number of hydroxylamine groups is 2. The SMILES string of the molecule is CCOc1ccccc1CCC(=O)ON1CCC1=O. The fourth-order valence-electron chi connectivity index (χ4n) is 1.80. The molecule has 19 heavy (non-hydrogen) atoms. The minimum Gasteiger partial charge on any atom is -0.494 e. The van der Waals surface area contributed by atoms with Crippen molar-refractivity contribution >= 4 is 11.9 Å². The van der Waals surface area contributed by atoms with Crippen LogP contribution >= 0.6 is 0 Å². The van der Waals surface area contributed by atoms with Crippen molar-refractivity contribution < 1.29 is 19.2 Å². The molecular weight excluding hydrogens is 246 g/mol. The lowest BCUT2D eigenvalue weighted by Gasteiger charge is -2.27. The van der Waals surface area contributed by atoms with Gasteiger partial charge in [-0.2, -0.15) is 5.06 Å². The van der Waals surface area contributed by atoms with E-state index in [9.17, 15) is 9.59 Å². The number of amides is 1. The van der Waals surface area contributed by atoms with Crippen LogP contribution in [-0.4, -0.2) is 30.1 Å². The topological polar surface area (TPSA) is 55.8 Å². The minimum absolute atomic E-state index is 0.136. The van der Waals surface area contributed by atoms with E-state index in [4.69, 9.17) is 9.57 Å². The Kier molecular flexibility index (Phi) is 4.39. The molecule has 102 valence electrons. The average Bonchev–Trinajstić information content (AvgIpc) is 2.42. The van der Waals surface area contributed by atoms with Gasteiger partial charge in [0.15, 0.2) is 0 Å². The second-order valence-corrected chi connectivity index (χ2v) is 4.25. The molecule has 0 unspecified atom stereocenters. The zero-order valence-corrected chi connectivity index (χ0v) is 10.9. The van der Waals surface area contributed by atoms with E-state index in [-0.39, 0.29) is 18.3 Å². The number of hydrogen-bond donors (Lipinski definition) is 0. The van der Waals surface area contributed by atoms with Crippen molar-refractivity contribution in [2.75, 3.05) is 13.2 Å². The van der Waals surface area contributed by atoms with Crippen molar-refractivity contribution in [1.82, 2.24) is 5.06 Å². The van der Waals surface area contributed by atoms with Gasteiger partial charge in [-0.05, 0) is 25.0 Å². The van der Waals surface area contributed by atoms with Crippen molar-refractivity contribution in [3.05, 3.63) is 29.8 Å². The Labute approximate surface area is 112 Å². The van der Waals surface area contributed by atoms with Gasteiger partial charge in [-0.1, -0.05) is 18.2 Å². The first-order valence-electron chi connectivity index (χ1n) is 6.42. The van der Waals surface area contributed by atoms with Crippen LogP contribution in [0.3, 0.4) is 0 Å². The van der Waals surface area contributed by atoms with Gasteiger partial charge in [0.1, 0.15) is 5.75 Å². The van der Waals surface area contributed by atoms with Gasteiger partial charge in [-0.25, -0.2) is 4.79 Å². The molecule has 0 N–H and O–H groups in total. The van der Waals surface area contributed by atoms with Gasteiger partial charge in [0.25, 0.3) is 5.91 Å². The van der Waals surface area contributed by atoms with Crippen LogP contribution in [0.5, 0.6) is 5.75 Å². The Bertz CT molecular complexity index is 472. The van der Waals surface area contributed by atoms with Crippen molar-refractivity contribution in [2.45, 2.75) is 26.2 Å². The van der Waals surface area contributed by atoms with E-state index in [0.717, 1.165) is 16.4 Å². The fourth-order valence-corrected chi connectivity index (χ4v) is 1.80. The largest absolute Gasteiger partial charge is 0.494 e. The molecule has 0 aliphatic carbocycles. The quantitative estimate of drug-likeness (QED) is 0.733. The van der Waals surface area contributed by atoms with Crippen LogP contribution in [0.1, 0.15) is 25.3 Å². The van der Waals surface area contributed by atoms with Crippen LogP contribution in [0.25, 0.3) is 0 Å². The molecule has 0 atom stereocenters. The first kappa shape index (κ1) is 13.4. The third kappa shape index (κ3) is 3.47. The van der Waals surface area contributed by atoms with Gasteiger partial charge in [0.2, 0.25) is 0 Å². The lowest BCUT2D eigenvalue weighted by atomic mass is 10.1. The molecule has 0 radical (unpaired) electrons. The lowest BCUT2D eigenvalue weighted by molar-refractivity contribution is -0.212. The minimum atomic E-state index is -0.389. The number of aryl methyl sites for hydroxylation is 1. The van der Waals surface area contributed by atoms with Crippen LogP contribution in [0.2, 0.25) is 0 Å². The summed E-state index contributed by atoms with van der Waals surface area (Å²) in [6.07, 6.45) is 1.23. The van der Waals surface area contributed by atoms with Crippen LogP contribution in [0.4, 0.5) is 0 Å². The molecule has 1 fully saturated rings. The van der Waals surface area contributed by atoms with Crippen molar-refractivity contribution in [3.63, 3.8) is 0 Å². The van der Waals surface area contributed by atoms with Gasteiger partial charge in [0.05, 0.1) is 26.0 Å². The summed E-state index contributed by atoms with van der Waals surface area (Å²) in [7, 11) is 0. The van der Waals surface area contributed by atoms with E-state index in [1.54, 1.807) is 0 Å². The molecular formula is C14H17NO4. The maximum atomic E-state index is 11.6. The molecule has 1 aliphatic heterocycles. The molecule has 0 bridgehead atoms. The summed E-state index contributed by atoms with van der Waals surface area (Å²) < 4.78 is 5.48. The standard InChI is InChI=1S/C14H17NO4/c1-2-18-12-6-4-3-5-11(12)7-8-14(17)19-15-10-9-13(15)16/h3-6H,2,7-10H2,1H3. The number of ether oxygens (including phenoxy) is 1. The van der Waals surface area contributed by atoms with E-state index < -0.39 is 0 Å². The van der Waals surface area contributed by atoms with E-state index in [2.05, 4.69) is 0 Å². The lowest BCUT2D eigenvalue weighted by Crippen LogP contribution is -2.44. The number of carbonyl (C=O) groups is 2. The second kappa shape index (κ2) is 6.22. The smallest absolute Gasteiger partial charge is 0.332 e. The van der Waals surface area contributed by atoms with Gasteiger partial charge in [-0.15, -0.1) is 0 Å². The van der Waals surface area contributed by atoms with E-state index >= 15 is 0 Å². The van der Waals surface area contributed by atoms with Gasteiger partial charge < -0.3 is 9.57 Å². The van der Waals surface area contributed by atoms with E-state index in [1.807, 2.05) is 31.2 Å². The summed E-state index contributed by atoms with van der Waals surface area (Å²) in [6, 6.07) is 7.60. The number of para-hydroxylation sites is 1. The molecule has 1 saturated heterocycles. The van der Waals surface area contributed by atoms with E-state index in [0.29, 0.717) is 26.0 Å². The van der Waals surface area contributed by atoms with Crippen molar-refractivity contribution in [1.29, 1.82) is 0 Å². The summed E-state index contributed by atoms with van der Waals surface area (Å²) >= 11 is 0. The number of nitrogens with zero attached hydrogens (tertiary/aromatic N) is 1. The Balaban J connectivity index is 1.84. The highest BCUT2D eigenvalue weighted by Gasteiger charge is 2.27. The molecule has 5 heteroatoms. The van der Waals surface area contributed by atoms with Crippen LogP contribution in [0.15, 0.2) is 24.3 Å². The zero-order chi connectivity index (χ0) is 13.7. The number of hydrogen-bond acceptors (Lipinski definition) is 4. The third-order valence-corrected chi connectivity index (χ3v) is 2.89. The molecule has 1 amide bonds. The predicted octanol–water partition coefficient (Wildman–Crippen LogP) is 1.71. The van der Waals surface area contributed by atoms with Gasteiger partial charge >= 0.3 is 5.97 Å². The molecule has 1 heterocycles. The average molecular weight is 263 g/mol. The molecule has 0 spiro atoms. The van der Waals surface area contributed by atoms with Crippen molar-refractivity contribution in [3.8, 4) is 5.75 Å². The first-order chi connectivity index (χ1) is 9.20. The molecule has 1 aromatic carbocycles. The Morgan fingerprint density at radius 3 is 2.79 bits per heavy atom. The summed E-state index contributed by atoms with van der Waals surface area (Å²) in [5, 5.41) is 1.11. The highest BCUT2D eigenvalue weighted by atomic mass is 16.7. The van der Waals surface area contributed by atoms with Crippen LogP contribution < -0.4 is 4.74 Å². The Morgan fingerprint density at radius 1 is 1.37 bits per heavy atom. The normalized spacial score (nSPS) is 13.9. The highest BCUT2D eigenvalue weighted by Crippen LogP contribution is 2.20. The molecule has 5 nitrogen and oxygen atoms in total. The summed E-state index contributed by atoms with van der Waals surface area (Å²) in [5.41, 5.74) is 0.969. The van der Waals surface area contributed by atoms with Crippen LogP contribution in [-0.2, 0) is 20.8 Å². The molecule has 0 saturated carbocycles. The second-order valence-electron chi connectivity index (χ2n) is 4.25. The number of rotatable bonds is 6.